The van der Waals surface area contributed by atoms with Crippen LogP contribution in [0.5, 0.6) is 11.5 Å². The molecule has 1 aromatic carbocycles. The summed E-state index contributed by atoms with van der Waals surface area (Å²) in [5, 5.41) is 12.7. The van der Waals surface area contributed by atoms with Crippen molar-refractivity contribution in [3.05, 3.63) is 23.9 Å². The Morgan fingerprint density at radius 1 is 1.53 bits per heavy atom. The van der Waals surface area contributed by atoms with Gasteiger partial charge in [-0.2, -0.15) is 0 Å². The van der Waals surface area contributed by atoms with Crippen molar-refractivity contribution < 1.29 is 14.6 Å². The van der Waals surface area contributed by atoms with Gasteiger partial charge < -0.3 is 20.1 Å². The van der Waals surface area contributed by atoms with Crippen LogP contribution in [-0.2, 0) is 0 Å². The molecule has 0 saturated heterocycles. The van der Waals surface area contributed by atoms with Gasteiger partial charge in [0.05, 0.1) is 5.69 Å². The zero-order valence-corrected chi connectivity index (χ0v) is 9.70. The first kappa shape index (κ1) is 11.3. The molecule has 3 N–H and O–H groups in total. The molecule has 0 fully saturated rings. The Morgan fingerprint density at radius 3 is 3.00 bits per heavy atom. The highest BCUT2D eigenvalue weighted by atomic mass is 16.6. The highest BCUT2D eigenvalue weighted by Gasteiger charge is 2.13. The van der Waals surface area contributed by atoms with E-state index in [0.717, 1.165) is 11.2 Å². The summed E-state index contributed by atoms with van der Waals surface area (Å²) in [6.07, 6.45) is -0.500. The van der Waals surface area contributed by atoms with Crippen LogP contribution in [0.1, 0.15) is 12.6 Å². The summed E-state index contributed by atoms with van der Waals surface area (Å²) >= 11 is 0. The molecule has 0 aliphatic heterocycles. The van der Waals surface area contributed by atoms with Gasteiger partial charge in [0, 0.05) is 17.4 Å². The van der Waals surface area contributed by atoms with Crippen LogP contribution >= 0.6 is 0 Å². The normalized spacial score (nSPS) is 10.5. The molecule has 1 heterocycles. The van der Waals surface area contributed by atoms with E-state index in [2.05, 4.69) is 10.3 Å². The molecule has 90 valence electrons. The number of fused-ring (bicyclic) bond motifs is 1. The van der Waals surface area contributed by atoms with Crippen molar-refractivity contribution in [3.8, 4) is 11.5 Å². The van der Waals surface area contributed by atoms with Gasteiger partial charge in [0.1, 0.15) is 5.75 Å². The molecule has 2 rings (SSSR count). The number of phenolic OH excluding ortho intramolecular Hbond substituents is 1. The third-order valence-corrected chi connectivity index (χ3v) is 2.43. The summed E-state index contributed by atoms with van der Waals surface area (Å²) in [6, 6.07) is 4.88. The van der Waals surface area contributed by atoms with Crippen LogP contribution in [0.15, 0.2) is 18.2 Å². The van der Waals surface area contributed by atoms with Crippen molar-refractivity contribution >= 4 is 17.0 Å². The number of amides is 1. The van der Waals surface area contributed by atoms with Gasteiger partial charge in [-0.15, -0.1) is 0 Å². The minimum atomic E-state index is -0.500. The number of hydrogen-bond acceptors (Lipinski definition) is 3. The van der Waals surface area contributed by atoms with Gasteiger partial charge >= 0.3 is 6.09 Å². The lowest BCUT2D eigenvalue weighted by molar-refractivity contribution is 0.201. The molecule has 0 saturated carbocycles. The van der Waals surface area contributed by atoms with E-state index in [4.69, 9.17) is 4.74 Å². The zero-order chi connectivity index (χ0) is 12.4. The largest absolute Gasteiger partial charge is 0.508 e. The first-order valence-electron chi connectivity index (χ1n) is 5.38. The lowest BCUT2D eigenvalue weighted by Gasteiger charge is -2.04. The molecule has 0 aliphatic rings. The zero-order valence-electron chi connectivity index (χ0n) is 9.70. The van der Waals surface area contributed by atoms with Gasteiger partial charge in [-0.25, -0.2) is 4.79 Å². The maximum Gasteiger partial charge on any atom is 0.412 e. The predicted octanol–water partition coefficient (Wildman–Crippen LogP) is 2.29. The Balaban J connectivity index is 2.41. The average molecular weight is 234 g/mol. The second kappa shape index (κ2) is 4.37. The lowest BCUT2D eigenvalue weighted by atomic mass is 10.2. The summed E-state index contributed by atoms with van der Waals surface area (Å²) in [6.45, 7) is 4.13. The van der Waals surface area contributed by atoms with E-state index in [9.17, 15) is 9.90 Å². The van der Waals surface area contributed by atoms with E-state index < -0.39 is 6.09 Å². The Bertz CT molecular complexity index is 560. The summed E-state index contributed by atoms with van der Waals surface area (Å²) in [5.41, 5.74) is 1.57. The number of aryl methyl sites for hydroxylation is 1. The minimum absolute atomic E-state index is 0.136. The van der Waals surface area contributed by atoms with Crippen LogP contribution in [-0.4, -0.2) is 22.7 Å². The summed E-state index contributed by atoms with van der Waals surface area (Å²) in [5.74, 6) is 0.582. The van der Waals surface area contributed by atoms with Gasteiger partial charge in [0.25, 0.3) is 0 Å². The maximum absolute atomic E-state index is 11.4. The number of nitrogens with one attached hydrogen (secondary N) is 2. The average Bonchev–Trinajstić information content (AvgIpc) is 2.56. The maximum atomic E-state index is 11.4. The standard InChI is InChI=1S/C12H14N2O3/c1-3-13-12(16)17-11-7(2)14-10-5-4-8(15)6-9(10)11/h4-6,14-15H,3H2,1-2H3,(H,13,16). The number of carbonyl (C=O) groups excluding carboxylic acids is 1. The number of aromatic hydroxyl groups is 1. The molecule has 5 nitrogen and oxygen atoms in total. The van der Waals surface area contributed by atoms with Crippen LogP contribution in [0.3, 0.4) is 0 Å². The second-order valence-electron chi connectivity index (χ2n) is 3.73. The monoisotopic (exact) mass is 234 g/mol. The fourth-order valence-corrected chi connectivity index (χ4v) is 1.69. The minimum Gasteiger partial charge on any atom is -0.508 e. The van der Waals surface area contributed by atoms with E-state index in [1.54, 1.807) is 18.2 Å². The Morgan fingerprint density at radius 2 is 2.29 bits per heavy atom. The fraction of sp³-hybridized carbons (Fsp3) is 0.250. The number of rotatable bonds is 2. The second-order valence-corrected chi connectivity index (χ2v) is 3.73. The Hall–Kier alpha value is -2.17. The van der Waals surface area contributed by atoms with Gasteiger partial charge in [-0.3, -0.25) is 0 Å². The fourth-order valence-electron chi connectivity index (χ4n) is 1.69. The van der Waals surface area contributed by atoms with E-state index in [1.165, 1.54) is 0 Å². The van der Waals surface area contributed by atoms with Crippen LogP contribution in [0.2, 0.25) is 0 Å². The van der Waals surface area contributed by atoms with Crippen molar-refractivity contribution in [3.63, 3.8) is 0 Å². The number of benzene rings is 1. The molecule has 2 aromatic rings. The third-order valence-electron chi connectivity index (χ3n) is 2.43. The predicted molar refractivity (Wildman–Crippen MR) is 64.4 cm³/mol. The topological polar surface area (TPSA) is 74.3 Å². The lowest BCUT2D eigenvalue weighted by Crippen LogP contribution is -2.26. The van der Waals surface area contributed by atoms with Gasteiger partial charge in [0.15, 0.2) is 5.75 Å². The molecular formula is C12H14N2O3. The van der Waals surface area contributed by atoms with E-state index in [-0.39, 0.29) is 5.75 Å². The number of carbonyl (C=O) groups is 1. The number of H-pyrrole nitrogens is 1. The molecule has 17 heavy (non-hydrogen) atoms. The van der Waals surface area contributed by atoms with E-state index >= 15 is 0 Å². The Labute approximate surface area is 98.4 Å². The summed E-state index contributed by atoms with van der Waals surface area (Å²) < 4.78 is 5.20. The van der Waals surface area contributed by atoms with Crippen molar-refractivity contribution in [2.24, 2.45) is 0 Å². The molecule has 0 atom stereocenters. The van der Waals surface area contributed by atoms with Crippen molar-refractivity contribution in [1.29, 1.82) is 0 Å². The molecule has 0 bridgehead atoms. The van der Waals surface area contributed by atoms with Crippen molar-refractivity contribution in [2.45, 2.75) is 13.8 Å². The summed E-state index contributed by atoms with van der Waals surface area (Å²) in [7, 11) is 0. The Kier molecular flexibility index (Phi) is 2.91. The number of aromatic amines is 1. The highest BCUT2D eigenvalue weighted by Crippen LogP contribution is 2.32. The van der Waals surface area contributed by atoms with Crippen LogP contribution in [0.25, 0.3) is 10.9 Å². The first-order valence-corrected chi connectivity index (χ1v) is 5.38. The number of ether oxygens (including phenoxy) is 1. The molecule has 0 unspecified atom stereocenters. The van der Waals surface area contributed by atoms with Crippen LogP contribution in [0, 0.1) is 6.92 Å². The third kappa shape index (κ3) is 2.18. The molecular weight excluding hydrogens is 220 g/mol. The molecule has 0 radical (unpaired) electrons. The van der Waals surface area contributed by atoms with E-state index in [0.29, 0.717) is 17.7 Å². The molecule has 5 heteroatoms. The molecule has 1 amide bonds. The molecule has 0 aliphatic carbocycles. The molecule has 0 spiro atoms. The van der Waals surface area contributed by atoms with Crippen LogP contribution < -0.4 is 10.1 Å². The van der Waals surface area contributed by atoms with Gasteiger partial charge in [-0.1, -0.05) is 0 Å². The number of phenols is 1. The first-order chi connectivity index (χ1) is 8.11. The van der Waals surface area contributed by atoms with Crippen molar-refractivity contribution in [1.82, 2.24) is 10.3 Å². The van der Waals surface area contributed by atoms with Crippen LogP contribution in [0.4, 0.5) is 4.79 Å². The summed E-state index contributed by atoms with van der Waals surface area (Å²) in [4.78, 5) is 14.5. The van der Waals surface area contributed by atoms with Gasteiger partial charge in [-0.05, 0) is 32.0 Å². The quantitative estimate of drug-likeness (QED) is 0.746. The SMILES string of the molecule is CCNC(=O)Oc1c(C)[nH]c2ccc(O)cc12. The molecule has 1 aromatic heterocycles. The smallest absolute Gasteiger partial charge is 0.412 e. The van der Waals surface area contributed by atoms with Crippen molar-refractivity contribution in [2.75, 3.05) is 6.54 Å². The van der Waals surface area contributed by atoms with E-state index in [1.807, 2.05) is 13.8 Å². The number of hydrogen-bond donors (Lipinski definition) is 3. The number of aromatic nitrogens is 1. The highest BCUT2D eigenvalue weighted by molar-refractivity contribution is 5.91. The van der Waals surface area contributed by atoms with Gasteiger partial charge in [0.2, 0.25) is 0 Å².